The lowest BCUT2D eigenvalue weighted by Crippen LogP contribution is -2.59. The average molecular weight is 703 g/mol. The number of aromatic hydroxyl groups is 1. The van der Waals surface area contributed by atoms with Crippen molar-refractivity contribution in [2.45, 2.75) is 108 Å². The minimum Gasteiger partial charge on any atom is -0.508 e. The number of unbranched alkanes of at least 4 members (excludes halogenated alkanes) is 2. The van der Waals surface area contributed by atoms with Gasteiger partial charge in [0.15, 0.2) is 0 Å². The van der Waals surface area contributed by atoms with Crippen molar-refractivity contribution < 1.29 is 39.0 Å². The number of phenolic OH excluding ortho intramolecular Hbond substituents is 1. The van der Waals surface area contributed by atoms with Crippen LogP contribution in [0.1, 0.15) is 70.8 Å². The van der Waals surface area contributed by atoms with Crippen LogP contribution in [0.15, 0.2) is 36.4 Å². The summed E-state index contributed by atoms with van der Waals surface area (Å²) < 4.78 is 0. The normalized spacial score (nSPS) is 22.2. The van der Waals surface area contributed by atoms with Gasteiger partial charge in [-0.25, -0.2) is 4.79 Å². The van der Waals surface area contributed by atoms with E-state index < -0.39 is 77.7 Å². The van der Waals surface area contributed by atoms with Crippen molar-refractivity contribution in [2.75, 3.05) is 13.1 Å². The Labute approximate surface area is 292 Å². The van der Waals surface area contributed by atoms with Crippen LogP contribution in [0.3, 0.4) is 0 Å². The van der Waals surface area contributed by atoms with E-state index in [1.807, 2.05) is 0 Å². The molecule has 1 heterocycles. The Hall–Kier alpha value is -4.54. The minimum atomic E-state index is -1.27. The molecule has 1 aromatic rings. The summed E-state index contributed by atoms with van der Waals surface area (Å²) >= 11 is 0. The van der Waals surface area contributed by atoms with Crippen molar-refractivity contribution in [1.82, 2.24) is 26.6 Å². The molecule has 278 valence electrons. The van der Waals surface area contributed by atoms with Gasteiger partial charge in [-0.1, -0.05) is 38.1 Å². The number of rotatable bonds is 16. The molecule has 0 fully saturated rings. The van der Waals surface area contributed by atoms with Gasteiger partial charge >= 0.3 is 5.97 Å². The van der Waals surface area contributed by atoms with Crippen molar-refractivity contribution in [3.05, 3.63) is 42.0 Å². The lowest BCUT2D eigenvalue weighted by molar-refractivity contribution is -0.143. The van der Waals surface area contributed by atoms with Crippen LogP contribution in [0.25, 0.3) is 0 Å². The highest BCUT2D eigenvalue weighted by molar-refractivity contribution is 5.96. The monoisotopic (exact) mass is 702 g/mol. The lowest BCUT2D eigenvalue weighted by Gasteiger charge is -2.27. The van der Waals surface area contributed by atoms with E-state index in [1.165, 1.54) is 12.1 Å². The van der Waals surface area contributed by atoms with Gasteiger partial charge < -0.3 is 54.0 Å². The first-order valence-corrected chi connectivity index (χ1v) is 17.1. The van der Waals surface area contributed by atoms with E-state index in [9.17, 15) is 39.0 Å². The van der Waals surface area contributed by atoms with E-state index in [-0.39, 0.29) is 37.9 Å². The second-order valence-corrected chi connectivity index (χ2v) is 12.8. The molecular weight excluding hydrogens is 648 g/mol. The number of nitrogens with one attached hydrogen (secondary N) is 5. The zero-order chi connectivity index (χ0) is 37.2. The summed E-state index contributed by atoms with van der Waals surface area (Å²) in [5, 5.41) is 32.6. The van der Waals surface area contributed by atoms with E-state index in [2.05, 4.69) is 26.6 Å². The molecule has 0 unspecified atom stereocenters. The van der Waals surface area contributed by atoms with Gasteiger partial charge in [-0.3, -0.25) is 24.0 Å². The predicted molar refractivity (Wildman–Crippen MR) is 186 cm³/mol. The van der Waals surface area contributed by atoms with Crippen LogP contribution in [0.2, 0.25) is 0 Å². The molecule has 16 heteroatoms. The van der Waals surface area contributed by atoms with Crippen LogP contribution in [-0.2, 0) is 35.2 Å². The molecule has 2 rings (SSSR count). The number of carboxylic acids is 1. The Morgan fingerprint density at radius 3 is 1.90 bits per heavy atom. The summed E-state index contributed by atoms with van der Waals surface area (Å²) in [6.45, 7) is 4.02. The fourth-order valence-electron chi connectivity index (χ4n) is 5.28. The Bertz CT molecular complexity index is 1320. The molecule has 16 nitrogen and oxygen atoms in total. The maximum atomic E-state index is 13.8. The van der Waals surface area contributed by atoms with Crippen LogP contribution < -0.4 is 43.8 Å². The summed E-state index contributed by atoms with van der Waals surface area (Å²) in [6.07, 6.45) is 5.79. The summed E-state index contributed by atoms with van der Waals surface area (Å²) in [6, 6.07) is -0.867. The molecule has 1 aliphatic heterocycles. The van der Waals surface area contributed by atoms with Crippen LogP contribution in [0.4, 0.5) is 0 Å². The maximum Gasteiger partial charge on any atom is 0.326 e. The highest BCUT2D eigenvalue weighted by Gasteiger charge is 2.33. The molecular formula is C34H54N8O8. The fourth-order valence-corrected chi connectivity index (χ4v) is 5.28. The zero-order valence-electron chi connectivity index (χ0n) is 28.9. The molecule has 0 saturated heterocycles. The van der Waals surface area contributed by atoms with E-state index in [0.29, 0.717) is 44.3 Å². The number of hydrogen-bond donors (Lipinski definition) is 10. The third-order valence-electron chi connectivity index (χ3n) is 8.30. The minimum absolute atomic E-state index is 0.00838. The molecule has 13 N–H and O–H groups in total. The molecule has 5 amide bonds. The molecule has 0 saturated carbocycles. The summed E-state index contributed by atoms with van der Waals surface area (Å²) in [7, 11) is 0. The van der Waals surface area contributed by atoms with E-state index in [0.717, 1.165) is 0 Å². The van der Waals surface area contributed by atoms with Crippen LogP contribution in [-0.4, -0.2) is 95.1 Å². The molecule has 0 spiro atoms. The average Bonchev–Trinajstić information content (AvgIpc) is 3.07. The molecule has 6 atom stereocenters. The Kier molecular flexibility index (Phi) is 17.9. The fraction of sp³-hybridized carbons (Fsp3) is 0.588. The highest BCUT2D eigenvalue weighted by Crippen LogP contribution is 2.13. The second kappa shape index (κ2) is 21.5. The SMILES string of the molecule is CC(C)[C@H](NC(=O)[C@H](Cc1ccc(O)cc1)NC(=O)[C@@H]1C/C=C/C[C@H](N)C(=O)N[C@@H](CCCCN)C(=O)N[C@@H](CCCCN)C(=O)N1)C(=O)O. The first kappa shape index (κ1) is 41.6. The first-order chi connectivity index (χ1) is 23.8. The largest absolute Gasteiger partial charge is 0.508 e. The summed E-state index contributed by atoms with van der Waals surface area (Å²) in [5.41, 5.74) is 17.9. The first-order valence-electron chi connectivity index (χ1n) is 17.1. The van der Waals surface area contributed by atoms with Crippen molar-refractivity contribution in [2.24, 2.45) is 23.1 Å². The Morgan fingerprint density at radius 2 is 1.36 bits per heavy atom. The quantitative estimate of drug-likeness (QED) is 0.0739. The predicted octanol–water partition coefficient (Wildman–Crippen LogP) is -0.965. The van der Waals surface area contributed by atoms with Crippen LogP contribution in [0.5, 0.6) is 5.75 Å². The van der Waals surface area contributed by atoms with Gasteiger partial charge in [0.25, 0.3) is 0 Å². The summed E-state index contributed by atoms with van der Waals surface area (Å²) in [4.78, 5) is 79.2. The third kappa shape index (κ3) is 14.1. The Morgan fingerprint density at radius 1 is 0.820 bits per heavy atom. The van der Waals surface area contributed by atoms with Gasteiger partial charge in [0, 0.05) is 6.42 Å². The van der Waals surface area contributed by atoms with Crippen molar-refractivity contribution in [1.29, 1.82) is 0 Å². The number of nitrogens with two attached hydrogens (primary N) is 3. The van der Waals surface area contributed by atoms with Crippen LogP contribution >= 0.6 is 0 Å². The molecule has 0 radical (unpaired) electrons. The van der Waals surface area contributed by atoms with Gasteiger partial charge in [-0.15, -0.1) is 0 Å². The standard InChI is InChI=1S/C34H54N8O8/c1-20(2)28(34(49)50)42-33(48)27(19-21-13-15-22(43)16-14-21)41-32(47)25-10-4-3-9-23(37)29(44)38-24(11-5-7-17-35)30(45)40-26(31(46)39-25)12-6-8-18-36/h3-4,13-16,20,23-28,43H,5-12,17-19,35-37H2,1-2H3,(H,38,44)(H,39,46)(H,40,45)(H,41,47)(H,42,48)(H,49,50)/b4-3+/t23-,24-,25-,26-,27-,28-/m0/s1. The number of benzene rings is 1. The van der Waals surface area contributed by atoms with Gasteiger partial charge in [-0.05, 0) is 88.1 Å². The number of phenols is 1. The summed E-state index contributed by atoms with van der Waals surface area (Å²) in [5.74, 6) is -5.04. The van der Waals surface area contributed by atoms with E-state index in [4.69, 9.17) is 17.2 Å². The van der Waals surface area contributed by atoms with Crippen LogP contribution in [0, 0.1) is 5.92 Å². The smallest absolute Gasteiger partial charge is 0.326 e. The number of carboxylic acid groups (broad SMARTS) is 1. The van der Waals surface area contributed by atoms with Gasteiger partial charge in [-0.2, -0.15) is 0 Å². The molecule has 0 bridgehead atoms. The number of carbonyl (C=O) groups is 6. The second-order valence-electron chi connectivity index (χ2n) is 12.8. The Balaban J connectivity index is 2.43. The molecule has 50 heavy (non-hydrogen) atoms. The third-order valence-corrected chi connectivity index (χ3v) is 8.30. The molecule has 0 aliphatic carbocycles. The van der Waals surface area contributed by atoms with Crippen molar-refractivity contribution in [3.8, 4) is 5.75 Å². The number of aliphatic carboxylic acids is 1. The van der Waals surface area contributed by atoms with Crippen molar-refractivity contribution >= 4 is 35.5 Å². The number of hydrogen-bond acceptors (Lipinski definition) is 10. The molecule has 1 aliphatic rings. The molecule has 1 aromatic carbocycles. The lowest BCUT2D eigenvalue weighted by atomic mass is 10.0. The molecule has 0 aromatic heterocycles. The maximum absolute atomic E-state index is 13.8. The van der Waals surface area contributed by atoms with Gasteiger partial charge in [0.05, 0.1) is 6.04 Å². The van der Waals surface area contributed by atoms with Gasteiger partial charge in [0.2, 0.25) is 29.5 Å². The topological polar surface area (TPSA) is 281 Å². The van der Waals surface area contributed by atoms with Gasteiger partial charge in [0.1, 0.15) is 36.0 Å². The van der Waals surface area contributed by atoms with E-state index >= 15 is 0 Å². The van der Waals surface area contributed by atoms with Crippen molar-refractivity contribution in [3.63, 3.8) is 0 Å². The zero-order valence-corrected chi connectivity index (χ0v) is 28.9. The van der Waals surface area contributed by atoms with E-state index in [1.54, 1.807) is 38.1 Å². The number of amides is 5. The number of carbonyl (C=O) groups excluding carboxylic acids is 5. The highest BCUT2D eigenvalue weighted by atomic mass is 16.4.